The zero-order chi connectivity index (χ0) is 25.9. The minimum Gasteiger partial charge on any atom is -0.478 e. The van der Waals surface area contributed by atoms with Crippen molar-refractivity contribution in [2.45, 2.75) is 0 Å². The van der Waals surface area contributed by atoms with Gasteiger partial charge < -0.3 is 25.2 Å². The van der Waals surface area contributed by atoms with E-state index in [1.165, 1.54) is 24.3 Å². The van der Waals surface area contributed by atoms with Crippen molar-refractivity contribution in [3.05, 3.63) is 101 Å². The molecule has 0 radical (unpaired) electrons. The number of carbonyl (C=O) groups is 3. The highest BCUT2D eigenvalue weighted by molar-refractivity contribution is 6.12. The molecule has 10 nitrogen and oxygen atoms in total. The normalized spacial score (nSPS) is 10.6. The molecule has 0 saturated carbocycles. The lowest BCUT2D eigenvalue weighted by molar-refractivity contribution is 0.0697. The van der Waals surface area contributed by atoms with Crippen molar-refractivity contribution in [3.63, 3.8) is 0 Å². The van der Waals surface area contributed by atoms with Gasteiger partial charge in [0.2, 0.25) is 0 Å². The van der Waals surface area contributed by atoms with Crippen molar-refractivity contribution in [2.24, 2.45) is 0 Å². The van der Waals surface area contributed by atoms with Crippen LogP contribution in [0.4, 0.5) is 11.4 Å². The molecular formula is C27H17N5O5. The van der Waals surface area contributed by atoms with Crippen LogP contribution in [0.25, 0.3) is 22.2 Å². The molecule has 3 aromatic carbocycles. The number of carboxylic acid groups (broad SMARTS) is 1. The number of hydrogen-bond donors (Lipinski definition) is 4. The first-order chi connectivity index (χ1) is 17.9. The number of nitriles is 1. The minimum atomic E-state index is -1.28. The Labute approximate surface area is 209 Å². The van der Waals surface area contributed by atoms with Crippen molar-refractivity contribution in [3.8, 4) is 17.4 Å². The molecule has 0 fully saturated rings. The van der Waals surface area contributed by atoms with Gasteiger partial charge >= 0.3 is 5.97 Å². The number of rotatable bonds is 6. The van der Waals surface area contributed by atoms with Gasteiger partial charge in [0, 0.05) is 17.0 Å². The Morgan fingerprint density at radius 3 is 2.43 bits per heavy atom. The first-order valence-electron chi connectivity index (χ1n) is 11.0. The van der Waals surface area contributed by atoms with E-state index in [0.717, 1.165) is 5.56 Å². The number of aromatic amines is 1. The molecule has 0 unspecified atom stereocenters. The van der Waals surface area contributed by atoms with Gasteiger partial charge in [-0.1, -0.05) is 47.6 Å². The third-order valence-corrected chi connectivity index (χ3v) is 5.58. The fourth-order valence-electron chi connectivity index (χ4n) is 3.78. The van der Waals surface area contributed by atoms with Gasteiger partial charge in [-0.15, -0.1) is 0 Å². The number of nitrogens with one attached hydrogen (secondary N) is 3. The number of para-hydroxylation sites is 1. The standard InChI is InChI=1S/C27H17N5O5/c28-14-15-9-10-19(18(11-15)27(35)36)30-25(33)21-12-17-7-4-8-20(24(17)29-21)31-26(34)22-13-23(37-32-22)16-5-2-1-3-6-16/h1-13,29H,(H,30,33)(H,31,34)(H,35,36). The summed E-state index contributed by atoms with van der Waals surface area (Å²) in [5.74, 6) is -1.92. The summed E-state index contributed by atoms with van der Waals surface area (Å²) in [4.78, 5) is 40.3. The summed E-state index contributed by atoms with van der Waals surface area (Å²) in [5, 5.41) is 28.3. The van der Waals surface area contributed by atoms with Crippen molar-refractivity contribution >= 4 is 40.1 Å². The molecule has 10 heteroatoms. The van der Waals surface area contributed by atoms with E-state index >= 15 is 0 Å². The quantitative estimate of drug-likeness (QED) is 0.263. The number of fused-ring (bicyclic) bond motifs is 1. The number of nitrogens with zero attached hydrogens (tertiary/aromatic N) is 2. The van der Waals surface area contributed by atoms with E-state index in [-0.39, 0.29) is 28.2 Å². The molecule has 0 aliphatic rings. The first-order valence-corrected chi connectivity index (χ1v) is 11.0. The topological polar surface area (TPSA) is 161 Å². The van der Waals surface area contributed by atoms with Crippen LogP contribution < -0.4 is 10.6 Å². The molecule has 2 heterocycles. The summed E-state index contributed by atoms with van der Waals surface area (Å²) in [6, 6.07) is 23.3. The smallest absolute Gasteiger partial charge is 0.337 e. The number of hydrogen-bond acceptors (Lipinski definition) is 6. The molecule has 2 aromatic heterocycles. The highest BCUT2D eigenvalue weighted by Gasteiger charge is 2.19. The summed E-state index contributed by atoms with van der Waals surface area (Å²) < 4.78 is 5.30. The van der Waals surface area contributed by atoms with Crippen LogP contribution in [-0.4, -0.2) is 33.0 Å². The Morgan fingerprint density at radius 2 is 1.68 bits per heavy atom. The Hall–Kier alpha value is -5.69. The fraction of sp³-hybridized carbons (Fsp3) is 0. The van der Waals surface area contributed by atoms with E-state index < -0.39 is 17.8 Å². The SMILES string of the molecule is N#Cc1ccc(NC(=O)c2cc3cccc(NC(=O)c4cc(-c5ccccc5)on4)c3[nH]2)c(C(=O)O)c1. The molecule has 0 spiro atoms. The number of amides is 2. The van der Waals surface area contributed by atoms with Crippen molar-refractivity contribution < 1.29 is 24.0 Å². The summed E-state index contributed by atoms with van der Waals surface area (Å²) in [6.45, 7) is 0. The number of H-pyrrole nitrogens is 1. The van der Waals surface area contributed by atoms with Crippen LogP contribution in [-0.2, 0) is 0 Å². The Bertz CT molecular complexity index is 1710. The Balaban J connectivity index is 1.38. The highest BCUT2D eigenvalue weighted by Crippen LogP contribution is 2.26. The molecule has 2 amide bonds. The second kappa shape index (κ2) is 9.52. The zero-order valence-corrected chi connectivity index (χ0v) is 19.0. The molecule has 5 aromatic rings. The van der Waals surface area contributed by atoms with Gasteiger partial charge in [0.25, 0.3) is 11.8 Å². The van der Waals surface area contributed by atoms with Crippen LogP contribution in [0.5, 0.6) is 0 Å². The summed E-state index contributed by atoms with van der Waals surface area (Å²) in [6.07, 6.45) is 0. The average molecular weight is 491 g/mol. The van der Waals surface area contributed by atoms with E-state index in [2.05, 4.69) is 20.8 Å². The third kappa shape index (κ3) is 4.65. The van der Waals surface area contributed by atoms with Crippen LogP contribution in [0.3, 0.4) is 0 Å². The molecule has 5 rings (SSSR count). The maximum atomic E-state index is 12.9. The number of carbonyl (C=O) groups excluding carboxylic acids is 2. The Morgan fingerprint density at radius 1 is 0.892 bits per heavy atom. The van der Waals surface area contributed by atoms with Crippen LogP contribution >= 0.6 is 0 Å². The molecule has 0 saturated heterocycles. The Kier molecular flexibility index (Phi) is 5.93. The second-order valence-corrected chi connectivity index (χ2v) is 7.98. The first kappa shape index (κ1) is 23.1. The van der Waals surface area contributed by atoms with E-state index in [9.17, 15) is 19.5 Å². The lowest BCUT2D eigenvalue weighted by atomic mass is 10.1. The number of benzene rings is 3. The van der Waals surface area contributed by atoms with Gasteiger partial charge in [0.1, 0.15) is 5.69 Å². The summed E-state index contributed by atoms with van der Waals surface area (Å²) in [7, 11) is 0. The van der Waals surface area contributed by atoms with Crippen LogP contribution in [0.15, 0.2) is 83.4 Å². The maximum Gasteiger partial charge on any atom is 0.337 e. The van der Waals surface area contributed by atoms with Crippen LogP contribution in [0.1, 0.15) is 36.9 Å². The number of aromatic carboxylic acids is 1. The third-order valence-electron chi connectivity index (χ3n) is 5.58. The van der Waals surface area contributed by atoms with Gasteiger partial charge in [0.15, 0.2) is 11.5 Å². The molecule has 37 heavy (non-hydrogen) atoms. The molecule has 180 valence electrons. The van der Waals surface area contributed by atoms with Gasteiger partial charge in [0.05, 0.1) is 34.1 Å². The van der Waals surface area contributed by atoms with Crippen molar-refractivity contribution in [1.82, 2.24) is 10.1 Å². The van der Waals surface area contributed by atoms with E-state index in [1.807, 2.05) is 36.4 Å². The minimum absolute atomic E-state index is 0.0453. The molecule has 0 aliphatic carbocycles. The number of anilines is 2. The molecule has 0 bridgehead atoms. The van der Waals surface area contributed by atoms with E-state index in [1.54, 1.807) is 24.3 Å². The van der Waals surface area contributed by atoms with Gasteiger partial charge in [-0.25, -0.2) is 4.79 Å². The zero-order valence-electron chi connectivity index (χ0n) is 19.0. The monoisotopic (exact) mass is 491 g/mol. The molecule has 0 atom stereocenters. The van der Waals surface area contributed by atoms with Crippen LogP contribution in [0.2, 0.25) is 0 Å². The summed E-state index contributed by atoms with van der Waals surface area (Å²) >= 11 is 0. The van der Waals surface area contributed by atoms with Gasteiger partial charge in [-0.05, 0) is 30.3 Å². The van der Waals surface area contributed by atoms with E-state index in [0.29, 0.717) is 22.4 Å². The van der Waals surface area contributed by atoms with Gasteiger partial charge in [-0.2, -0.15) is 5.26 Å². The second-order valence-electron chi connectivity index (χ2n) is 7.98. The highest BCUT2D eigenvalue weighted by atomic mass is 16.5. The number of carboxylic acids is 1. The number of aromatic nitrogens is 2. The predicted octanol–water partition coefficient (Wildman–Crippen LogP) is 4.90. The molecule has 4 N–H and O–H groups in total. The summed E-state index contributed by atoms with van der Waals surface area (Å²) in [5.41, 5.74) is 1.91. The lowest BCUT2D eigenvalue weighted by Gasteiger charge is -2.08. The van der Waals surface area contributed by atoms with Crippen molar-refractivity contribution in [2.75, 3.05) is 10.6 Å². The van der Waals surface area contributed by atoms with Crippen LogP contribution in [0, 0.1) is 11.3 Å². The lowest BCUT2D eigenvalue weighted by Crippen LogP contribution is -2.15. The predicted molar refractivity (Wildman–Crippen MR) is 134 cm³/mol. The largest absolute Gasteiger partial charge is 0.478 e. The van der Waals surface area contributed by atoms with Gasteiger partial charge in [-0.3, -0.25) is 9.59 Å². The van der Waals surface area contributed by atoms with E-state index in [4.69, 9.17) is 9.78 Å². The van der Waals surface area contributed by atoms with Crippen molar-refractivity contribution in [1.29, 1.82) is 5.26 Å². The maximum absolute atomic E-state index is 12.9. The molecule has 0 aliphatic heterocycles. The average Bonchev–Trinajstić information content (AvgIpc) is 3.58. The fourth-order valence-corrected chi connectivity index (χ4v) is 3.78. The molecular weight excluding hydrogens is 474 g/mol.